The first kappa shape index (κ1) is 18.7. The molecule has 5 heteroatoms. The number of rotatable bonds is 7. The minimum Gasteiger partial charge on any atom is -0.357 e. The number of aryl methyl sites for hydroxylation is 1. The van der Waals surface area contributed by atoms with Gasteiger partial charge >= 0.3 is 0 Å². The molecule has 0 spiro atoms. The smallest absolute Gasteiger partial charge is 0.191 e. The summed E-state index contributed by atoms with van der Waals surface area (Å²) in [6.07, 6.45) is 2.47. The van der Waals surface area contributed by atoms with Crippen LogP contribution in [0.3, 0.4) is 0 Å². The van der Waals surface area contributed by atoms with Gasteiger partial charge in [-0.25, -0.2) is 9.38 Å². The van der Waals surface area contributed by atoms with Gasteiger partial charge in [0.2, 0.25) is 0 Å². The molecule has 1 heterocycles. The third-order valence-electron chi connectivity index (χ3n) is 4.47. The molecular weight excluding hydrogens is 303 g/mol. The third kappa shape index (κ3) is 5.78. The summed E-state index contributed by atoms with van der Waals surface area (Å²) in [5, 5.41) is 6.71. The van der Waals surface area contributed by atoms with Crippen LogP contribution in [0.5, 0.6) is 0 Å². The van der Waals surface area contributed by atoms with Gasteiger partial charge in [0.05, 0.1) is 6.54 Å². The van der Waals surface area contributed by atoms with Crippen LogP contribution in [0.2, 0.25) is 0 Å². The Morgan fingerprint density at radius 3 is 2.88 bits per heavy atom. The molecule has 1 aliphatic rings. The fourth-order valence-corrected chi connectivity index (χ4v) is 3.09. The van der Waals surface area contributed by atoms with Crippen molar-refractivity contribution in [3.63, 3.8) is 0 Å². The lowest BCUT2D eigenvalue weighted by atomic mass is 10.1. The molecule has 4 nitrogen and oxygen atoms in total. The predicted molar refractivity (Wildman–Crippen MR) is 98.8 cm³/mol. The molecule has 2 rings (SSSR count). The summed E-state index contributed by atoms with van der Waals surface area (Å²) in [6, 6.07) is 5.31. The van der Waals surface area contributed by atoms with Crippen molar-refractivity contribution in [2.75, 3.05) is 32.7 Å². The summed E-state index contributed by atoms with van der Waals surface area (Å²) in [5.74, 6) is 1.33. The van der Waals surface area contributed by atoms with Crippen LogP contribution in [0.4, 0.5) is 4.39 Å². The Morgan fingerprint density at radius 1 is 1.33 bits per heavy atom. The number of hydrogen-bond donors (Lipinski definition) is 2. The van der Waals surface area contributed by atoms with Crippen LogP contribution in [0.15, 0.2) is 23.2 Å². The molecule has 0 aromatic heterocycles. The average molecular weight is 334 g/mol. The summed E-state index contributed by atoms with van der Waals surface area (Å²) in [5.41, 5.74) is 1.57. The highest BCUT2D eigenvalue weighted by Crippen LogP contribution is 2.15. The van der Waals surface area contributed by atoms with Crippen molar-refractivity contribution in [1.82, 2.24) is 15.5 Å². The van der Waals surface area contributed by atoms with Crippen molar-refractivity contribution >= 4 is 5.96 Å². The van der Waals surface area contributed by atoms with E-state index in [0.29, 0.717) is 18.0 Å². The van der Waals surface area contributed by atoms with Crippen LogP contribution in [0.1, 0.15) is 37.8 Å². The number of likely N-dealkylation sites (tertiary alicyclic amines) is 1. The quantitative estimate of drug-likeness (QED) is 0.595. The van der Waals surface area contributed by atoms with E-state index in [-0.39, 0.29) is 5.82 Å². The van der Waals surface area contributed by atoms with E-state index in [2.05, 4.69) is 34.4 Å². The largest absolute Gasteiger partial charge is 0.357 e. The van der Waals surface area contributed by atoms with Gasteiger partial charge in [0, 0.05) is 19.6 Å². The first-order valence-corrected chi connectivity index (χ1v) is 9.12. The average Bonchev–Trinajstić information content (AvgIpc) is 3.01. The van der Waals surface area contributed by atoms with Crippen LogP contribution < -0.4 is 10.6 Å². The summed E-state index contributed by atoms with van der Waals surface area (Å²) in [7, 11) is 0. The van der Waals surface area contributed by atoms with E-state index >= 15 is 0 Å². The van der Waals surface area contributed by atoms with Crippen molar-refractivity contribution in [2.45, 2.75) is 40.2 Å². The van der Waals surface area contributed by atoms with Gasteiger partial charge in [-0.1, -0.05) is 19.1 Å². The van der Waals surface area contributed by atoms with Crippen molar-refractivity contribution in [2.24, 2.45) is 10.9 Å². The minimum absolute atomic E-state index is 0.164. The minimum atomic E-state index is -0.164. The second-order valence-corrected chi connectivity index (χ2v) is 6.61. The molecule has 0 radical (unpaired) electrons. The van der Waals surface area contributed by atoms with Crippen molar-refractivity contribution in [3.05, 3.63) is 35.1 Å². The van der Waals surface area contributed by atoms with Gasteiger partial charge in [-0.05, 0) is 62.9 Å². The molecule has 24 heavy (non-hydrogen) atoms. The van der Waals surface area contributed by atoms with Gasteiger partial charge in [-0.15, -0.1) is 0 Å². The topological polar surface area (TPSA) is 39.7 Å². The van der Waals surface area contributed by atoms with Crippen LogP contribution in [-0.2, 0) is 6.54 Å². The van der Waals surface area contributed by atoms with Gasteiger partial charge in [-0.3, -0.25) is 0 Å². The van der Waals surface area contributed by atoms with Crippen LogP contribution >= 0.6 is 0 Å². The molecule has 0 amide bonds. The Kier molecular flexibility index (Phi) is 7.50. The van der Waals surface area contributed by atoms with E-state index < -0.39 is 0 Å². The molecule has 134 valence electrons. The monoisotopic (exact) mass is 334 g/mol. The SMILES string of the molecule is CCCN1CCC(CNC(=NCc2ccc(C)c(F)c2)NCC)C1. The number of hydrogen-bond acceptors (Lipinski definition) is 2. The van der Waals surface area contributed by atoms with Gasteiger partial charge < -0.3 is 15.5 Å². The van der Waals surface area contributed by atoms with Gasteiger partial charge in [0.25, 0.3) is 0 Å². The second kappa shape index (κ2) is 9.62. The van der Waals surface area contributed by atoms with Gasteiger partial charge in [0.1, 0.15) is 5.82 Å². The van der Waals surface area contributed by atoms with Crippen molar-refractivity contribution < 1.29 is 4.39 Å². The van der Waals surface area contributed by atoms with E-state index in [1.807, 2.05) is 6.07 Å². The Morgan fingerprint density at radius 2 is 2.17 bits per heavy atom. The fourth-order valence-electron chi connectivity index (χ4n) is 3.09. The molecule has 0 bridgehead atoms. The molecule has 1 fully saturated rings. The molecule has 1 unspecified atom stereocenters. The number of guanidine groups is 1. The molecule has 1 saturated heterocycles. The van der Waals surface area contributed by atoms with Crippen LogP contribution in [0.25, 0.3) is 0 Å². The fraction of sp³-hybridized carbons (Fsp3) is 0.632. The number of halogens is 1. The van der Waals surface area contributed by atoms with E-state index in [1.54, 1.807) is 19.1 Å². The summed E-state index contributed by atoms with van der Waals surface area (Å²) in [4.78, 5) is 7.12. The normalized spacial score (nSPS) is 18.8. The maximum absolute atomic E-state index is 13.6. The molecule has 0 aliphatic carbocycles. The molecule has 1 aliphatic heterocycles. The Bertz CT molecular complexity index is 544. The van der Waals surface area contributed by atoms with E-state index in [1.165, 1.54) is 32.5 Å². The Balaban J connectivity index is 1.85. The highest BCUT2D eigenvalue weighted by molar-refractivity contribution is 5.79. The van der Waals surface area contributed by atoms with Crippen molar-refractivity contribution in [3.8, 4) is 0 Å². The third-order valence-corrected chi connectivity index (χ3v) is 4.47. The Hall–Kier alpha value is -1.62. The lowest BCUT2D eigenvalue weighted by molar-refractivity contribution is 0.324. The summed E-state index contributed by atoms with van der Waals surface area (Å²) in [6.45, 7) is 11.9. The number of benzene rings is 1. The number of aliphatic imine (C=N–C) groups is 1. The highest BCUT2D eigenvalue weighted by Gasteiger charge is 2.21. The standard InChI is InChI=1S/C19H31FN4/c1-4-9-24-10-8-17(14-24)13-23-19(21-5-2)22-12-16-7-6-15(3)18(20)11-16/h6-7,11,17H,4-5,8-10,12-14H2,1-3H3,(H2,21,22,23). The van der Waals surface area contributed by atoms with Crippen LogP contribution in [0, 0.1) is 18.7 Å². The second-order valence-electron chi connectivity index (χ2n) is 6.61. The number of nitrogens with one attached hydrogen (secondary N) is 2. The molecular formula is C19H31FN4. The van der Waals surface area contributed by atoms with Gasteiger partial charge in [-0.2, -0.15) is 0 Å². The summed E-state index contributed by atoms with van der Waals surface area (Å²) >= 11 is 0. The zero-order valence-corrected chi connectivity index (χ0v) is 15.2. The van der Waals surface area contributed by atoms with Crippen LogP contribution in [-0.4, -0.2) is 43.6 Å². The lowest BCUT2D eigenvalue weighted by Gasteiger charge is -2.17. The molecule has 1 atom stereocenters. The maximum atomic E-state index is 13.6. The van der Waals surface area contributed by atoms with Crippen molar-refractivity contribution in [1.29, 1.82) is 0 Å². The molecule has 0 saturated carbocycles. The lowest BCUT2D eigenvalue weighted by Crippen LogP contribution is -2.40. The van der Waals surface area contributed by atoms with E-state index in [0.717, 1.165) is 24.6 Å². The van der Waals surface area contributed by atoms with E-state index in [4.69, 9.17) is 0 Å². The first-order chi connectivity index (χ1) is 11.6. The zero-order valence-electron chi connectivity index (χ0n) is 15.2. The zero-order chi connectivity index (χ0) is 17.4. The predicted octanol–water partition coefficient (Wildman–Crippen LogP) is 2.92. The number of nitrogens with zero attached hydrogens (tertiary/aromatic N) is 2. The maximum Gasteiger partial charge on any atom is 0.191 e. The van der Waals surface area contributed by atoms with E-state index in [9.17, 15) is 4.39 Å². The van der Waals surface area contributed by atoms with Gasteiger partial charge in [0.15, 0.2) is 5.96 Å². The molecule has 2 N–H and O–H groups in total. The molecule has 1 aromatic carbocycles. The Labute approximate surface area is 145 Å². The highest BCUT2D eigenvalue weighted by atomic mass is 19.1. The first-order valence-electron chi connectivity index (χ1n) is 9.12. The summed E-state index contributed by atoms with van der Waals surface area (Å²) < 4.78 is 13.6. The molecule has 1 aromatic rings.